The van der Waals surface area contributed by atoms with Crippen molar-refractivity contribution in [3.8, 4) is 0 Å². The maximum Gasteiger partial charge on any atom is 0.0624 e. The van der Waals surface area contributed by atoms with Gasteiger partial charge in [0.1, 0.15) is 0 Å². The van der Waals surface area contributed by atoms with E-state index in [2.05, 4.69) is 40.4 Å². The SMILES string of the molecule is CC(C)(C)C1CCC(O)(C[Si](C)(C)C)CC1. The molecule has 1 aliphatic carbocycles. The van der Waals surface area contributed by atoms with Crippen LogP contribution in [0.2, 0.25) is 25.7 Å². The fourth-order valence-electron chi connectivity index (χ4n) is 3.19. The van der Waals surface area contributed by atoms with E-state index < -0.39 is 8.07 Å². The Morgan fingerprint density at radius 3 is 1.88 bits per heavy atom. The first kappa shape index (κ1) is 14.2. The molecule has 0 saturated heterocycles. The second-order valence-corrected chi connectivity index (χ2v) is 13.6. The fourth-order valence-corrected chi connectivity index (χ4v) is 5.51. The summed E-state index contributed by atoms with van der Waals surface area (Å²) < 4.78 is 0. The van der Waals surface area contributed by atoms with Crippen LogP contribution in [0.5, 0.6) is 0 Å². The summed E-state index contributed by atoms with van der Waals surface area (Å²) in [5.41, 5.74) is 0.0900. The van der Waals surface area contributed by atoms with Crippen LogP contribution in [-0.2, 0) is 0 Å². The zero-order chi connectivity index (χ0) is 12.6. The second kappa shape index (κ2) is 4.45. The summed E-state index contributed by atoms with van der Waals surface area (Å²) in [6.07, 6.45) is 4.48. The predicted octanol–water partition coefficient (Wildman–Crippen LogP) is 4.29. The average molecular weight is 242 g/mol. The molecular weight excluding hydrogens is 212 g/mol. The van der Waals surface area contributed by atoms with E-state index in [1.165, 1.54) is 12.8 Å². The van der Waals surface area contributed by atoms with E-state index in [0.717, 1.165) is 24.8 Å². The lowest BCUT2D eigenvalue weighted by molar-refractivity contribution is -0.0106. The fraction of sp³-hybridized carbons (Fsp3) is 1.00. The average Bonchev–Trinajstić information content (AvgIpc) is 1.98. The topological polar surface area (TPSA) is 20.2 Å². The molecule has 0 aromatic carbocycles. The third kappa shape index (κ3) is 4.21. The van der Waals surface area contributed by atoms with Crippen molar-refractivity contribution in [2.24, 2.45) is 11.3 Å². The van der Waals surface area contributed by atoms with Gasteiger partial charge >= 0.3 is 0 Å². The van der Waals surface area contributed by atoms with Crippen molar-refractivity contribution < 1.29 is 5.11 Å². The van der Waals surface area contributed by atoms with Gasteiger partial charge < -0.3 is 5.11 Å². The van der Waals surface area contributed by atoms with E-state index in [0.29, 0.717) is 5.41 Å². The van der Waals surface area contributed by atoms with Crippen LogP contribution in [0.1, 0.15) is 46.5 Å². The highest BCUT2D eigenvalue weighted by Crippen LogP contribution is 2.43. The van der Waals surface area contributed by atoms with Gasteiger partial charge in [-0.3, -0.25) is 0 Å². The molecule has 0 aromatic heterocycles. The molecule has 0 aromatic rings. The van der Waals surface area contributed by atoms with E-state index in [1.807, 2.05) is 0 Å². The Kier molecular flexibility index (Phi) is 3.96. The molecule has 2 heteroatoms. The largest absolute Gasteiger partial charge is 0.390 e. The van der Waals surface area contributed by atoms with Gasteiger partial charge in [0.15, 0.2) is 0 Å². The first-order chi connectivity index (χ1) is 7.02. The highest BCUT2D eigenvalue weighted by Gasteiger charge is 2.39. The first-order valence-corrected chi connectivity index (χ1v) is 10.5. The van der Waals surface area contributed by atoms with E-state index >= 15 is 0 Å². The molecule has 0 bridgehead atoms. The molecule has 0 radical (unpaired) electrons. The van der Waals surface area contributed by atoms with Crippen molar-refractivity contribution in [2.45, 2.75) is 77.7 Å². The molecule has 0 aliphatic heterocycles. The quantitative estimate of drug-likeness (QED) is 0.716. The van der Waals surface area contributed by atoms with Crippen molar-refractivity contribution in [3.05, 3.63) is 0 Å². The van der Waals surface area contributed by atoms with Crippen LogP contribution in [0.15, 0.2) is 0 Å². The molecular formula is C14H30OSi. The Morgan fingerprint density at radius 1 is 1.12 bits per heavy atom. The van der Waals surface area contributed by atoms with E-state index in [9.17, 15) is 5.11 Å². The van der Waals surface area contributed by atoms with Crippen LogP contribution >= 0.6 is 0 Å². The van der Waals surface area contributed by atoms with Gasteiger partial charge in [0.2, 0.25) is 0 Å². The number of aliphatic hydroxyl groups is 1. The lowest BCUT2D eigenvalue weighted by Gasteiger charge is -2.43. The summed E-state index contributed by atoms with van der Waals surface area (Å²) in [6, 6.07) is 1.08. The lowest BCUT2D eigenvalue weighted by atomic mass is 9.69. The minimum atomic E-state index is -1.13. The minimum absolute atomic E-state index is 0.327. The zero-order valence-electron chi connectivity index (χ0n) is 12.1. The highest BCUT2D eigenvalue weighted by molar-refractivity contribution is 6.76. The predicted molar refractivity (Wildman–Crippen MR) is 74.5 cm³/mol. The summed E-state index contributed by atoms with van der Waals surface area (Å²) in [7, 11) is -1.13. The van der Waals surface area contributed by atoms with Crippen molar-refractivity contribution in [2.75, 3.05) is 0 Å². The van der Waals surface area contributed by atoms with Crippen LogP contribution in [-0.4, -0.2) is 18.8 Å². The molecule has 1 rings (SSSR count). The molecule has 16 heavy (non-hydrogen) atoms. The molecule has 0 atom stereocenters. The monoisotopic (exact) mass is 242 g/mol. The summed E-state index contributed by atoms with van der Waals surface area (Å²) >= 11 is 0. The molecule has 1 aliphatic rings. The summed E-state index contributed by atoms with van der Waals surface area (Å²) in [5, 5.41) is 10.6. The molecule has 1 saturated carbocycles. The summed E-state index contributed by atoms with van der Waals surface area (Å²) in [4.78, 5) is 0. The van der Waals surface area contributed by atoms with Crippen LogP contribution < -0.4 is 0 Å². The number of hydrogen-bond donors (Lipinski definition) is 1. The van der Waals surface area contributed by atoms with Gasteiger partial charge in [0.05, 0.1) is 5.60 Å². The molecule has 1 fully saturated rings. The van der Waals surface area contributed by atoms with Gasteiger partial charge in [-0.25, -0.2) is 0 Å². The molecule has 1 nitrogen and oxygen atoms in total. The van der Waals surface area contributed by atoms with Gasteiger partial charge in [0, 0.05) is 8.07 Å². The number of rotatable bonds is 2. The maximum absolute atomic E-state index is 10.6. The third-order valence-corrected chi connectivity index (χ3v) is 5.72. The normalized spacial score (nSPS) is 32.8. The van der Waals surface area contributed by atoms with Crippen molar-refractivity contribution in [1.29, 1.82) is 0 Å². The standard InChI is InChI=1S/C14H30OSi/c1-13(2,3)12-7-9-14(15,10-8-12)11-16(4,5)6/h12,15H,7-11H2,1-6H3. The maximum atomic E-state index is 10.6. The Balaban J connectivity index is 2.54. The molecule has 1 N–H and O–H groups in total. The number of hydrogen-bond acceptors (Lipinski definition) is 1. The van der Waals surface area contributed by atoms with Crippen LogP contribution in [0, 0.1) is 11.3 Å². The van der Waals surface area contributed by atoms with Crippen LogP contribution in [0.3, 0.4) is 0 Å². The molecule has 96 valence electrons. The third-order valence-electron chi connectivity index (χ3n) is 4.00. The highest BCUT2D eigenvalue weighted by atomic mass is 28.3. The van der Waals surface area contributed by atoms with E-state index in [1.54, 1.807) is 0 Å². The summed E-state index contributed by atoms with van der Waals surface area (Å²) in [5.74, 6) is 0.800. The van der Waals surface area contributed by atoms with Gasteiger partial charge in [-0.2, -0.15) is 0 Å². The van der Waals surface area contributed by atoms with E-state index in [-0.39, 0.29) is 5.60 Å². The van der Waals surface area contributed by atoms with Gasteiger partial charge in [0.25, 0.3) is 0 Å². The lowest BCUT2D eigenvalue weighted by Crippen LogP contribution is -2.42. The summed E-state index contributed by atoms with van der Waals surface area (Å²) in [6.45, 7) is 14.1. The van der Waals surface area contributed by atoms with Crippen LogP contribution in [0.25, 0.3) is 0 Å². The zero-order valence-corrected chi connectivity index (χ0v) is 13.1. The Hall–Kier alpha value is 0.177. The first-order valence-electron chi connectivity index (χ1n) is 6.74. The van der Waals surface area contributed by atoms with Crippen molar-refractivity contribution in [1.82, 2.24) is 0 Å². The van der Waals surface area contributed by atoms with Gasteiger partial charge in [-0.05, 0) is 43.1 Å². The van der Waals surface area contributed by atoms with E-state index in [4.69, 9.17) is 0 Å². The van der Waals surface area contributed by atoms with Gasteiger partial charge in [-0.15, -0.1) is 0 Å². The van der Waals surface area contributed by atoms with Gasteiger partial charge in [-0.1, -0.05) is 40.4 Å². The van der Waals surface area contributed by atoms with Crippen molar-refractivity contribution in [3.63, 3.8) is 0 Å². The smallest absolute Gasteiger partial charge is 0.0624 e. The van der Waals surface area contributed by atoms with Crippen LogP contribution in [0.4, 0.5) is 0 Å². The molecule has 0 heterocycles. The molecule has 0 amide bonds. The molecule has 0 unspecified atom stereocenters. The minimum Gasteiger partial charge on any atom is -0.390 e. The Morgan fingerprint density at radius 2 is 1.56 bits per heavy atom. The Labute approximate surface area is 103 Å². The molecule has 0 spiro atoms. The second-order valence-electron chi connectivity index (χ2n) is 8.10. The van der Waals surface area contributed by atoms with Crippen molar-refractivity contribution >= 4 is 8.07 Å². The Bertz CT molecular complexity index is 226.